The van der Waals surface area contributed by atoms with Crippen LogP contribution in [0.5, 0.6) is 0 Å². The first-order valence-corrected chi connectivity index (χ1v) is 5.33. The highest BCUT2D eigenvalue weighted by Crippen LogP contribution is 2.15. The quantitative estimate of drug-likeness (QED) is 0.621. The van der Waals surface area contributed by atoms with E-state index in [9.17, 15) is 22.8 Å². The van der Waals surface area contributed by atoms with Gasteiger partial charge < -0.3 is 9.64 Å². The largest absolute Gasteiger partial charge is 0.469 e. The molecular weight excluding hydrogens is 263 g/mol. The monoisotopic (exact) mass is 275 g/mol. The van der Waals surface area contributed by atoms with Crippen molar-refractivity contribution < 1.29 is 27.5 Å². The predicted molar refractivity (Wildman–Crippen MR) is 59.9 cm³/mol. The third-order valence-electron chi connectivity index (χ3n) is 2.46. The molecule has 1 aromatic carbocycles. The molecule has 0 aliphatic heterocycles. The molecule has 0 saturated heterocycles. The lowest BCUT2D eigenvalue weighted by Crippen LogP contribution is -2.29. The molecule has 104 valence electrons. The van der Waals surface area contributed by atoms with Crippen LogP contribution in [0.1, 0.15) is 16.8 Å². The number of amides is 1. The molecule has 0 aromatic heterocycles. The van der Waals surface area contributed by atoms with Crippen LogP contribution >= 0.6 is 0 Å². The number of benzene rings is 1. The van der Waals surface area contributed by atoms with Crippen molar-refractivity contribution in [3.63, 3.8) is 0 Å². The predicted octanol–water partition coefficient (Wildman–Crippen LogP) is 1.74. The molecule has 0 bridgehead atoms. The molecule has 0 aliphatic carbocycles. The second-order valence-corrected chi connectivity index (χ2v) is 3.81. The van der Waals surface area contributed by atoms with Crippen LogP contribution in [0.4, 0.5) is 13.2 Å². The molecular formula is C12H12F3NO3. The van der Waals surface area contributed by atoms with Crippen LogP contribution in [0.15, 0.2) is 12.1 Å². The molecule has 4 nitrogen and oxygen atoms in total. The zero-order valence-electron chi connectivity index (χ0n) is 10.4. The van der Waals surface area contributed by atoms with Crippen molar-refractivity contribution in [2.75, 3.05) is 20.7 Å². The van der Waals surface area contributed by atoms with Crippen molar-refractivity contribution in [3.8, 4) is 0 Å². The summed E-state index contributed by atoms with van der Waals surface area (Å²) in [5, 5.41) is 0. The molecule has 0 heterocycles. The summed E-state index contributed by atoms with van der Waals surface area (Å²) in [6, 6.07) is 1.21. The number of nitrogens with zero attached hydrogens (tertiary/aromatic N) is 1. The summed E-state index contributed by atoms with van der Waals surface area (Å²) in [4.78, 5) is 23.8. The summed E-state index contributed by atoms with van der Waals surface area (Å²) in [6.45, 7) is 0.0200. The lowest BCUT2D eigenvalue weighted by atomic mass is 10.2. The van der Waals surface area contributed by atoms with Crippen LogP contribution in [0.25, 0.3) is 0 Å². The van der Waals surface area contributed by atoms with Crippen LogP contribution in [0, 0.1) is 17.5 Å². The van der Waals surface area contributed by atoms with Crippen molar-refractivity contribution in [2.24, 2.45) is 0 Å². The normalized spacial score (nSPS) is 10.2. The third-order valence-corrected chi connectivity index (χ3v) is 2.46. The smallest absolute Gasteiger partial charge is 0.307 e. The number of rotatable bonds is 4. The standard InChI is InChI=1S/C12H12F3NO3/c1-16(4-3-10(17)19-2)12(18)7-5-8(13)11(15)9(14)6-7/h5-6H,3-4H2,1-2H3. The van der Waals surface area contributed by atoms with Gasteiger partial charge in [-0.15, -0.1) is 0 Å². The Morgan fingerprint density at radius 3 is 2.21 bits per heavy atom. The van der Waals surface area contributed by atoms with Crippen molar-refractivity contribution >= 4 is 11.9 Å². The van der Waals surface area contributed by atoms with Crippen molar-refractivity contribution in [3.05, 3.63) is 35.1 Å². The molecule has 0 fully saturated rings. The maximum absolute atomic E-state index is 13.0. The van der Waals surface area contributed by atoms with Gasteiger partial charge in [0.25, 0.3) is 5.91 Å². The van der Waals surface area contributed by atoms with Gasteiger partial charge >= 0.3 is 5.97 Å². The van der Waals surface area contributed by atoms with Gasteiger partial charge in [-0.05, 0) is 12.1 Å². The Balaban J connectivity index is 2.80. The average molecular weight is 275 g/mol. The molecule has 0 aliphatic rings. The molecule has 19 heavy (non-hydrogen) atoms. The molecule has 7 heteroatoms. The Bertz CT molecular complexity index is 482. The SMILES string of the molecule is COC(=O)CCN(C)C(=O)c1cc(F)c(F)c(F)c1. The highest BCUT2D eigenvalue weighted by Gasteiger charge is 2.18. The van der Waals surface area contributed by atoms with Gasteiger partial charge in [0.2, 0.25) is 0 Å². The van der Waals surface area contributed by atoms with Crippen LogP contribution in [-0.4, -0.2) is 37.5 Å². The summed E-state index contributed by atoms with van der Waals surface area (Å²) >= 11 is 0. The number of hydrogen-bond acceptors (Lipinski definition) is 3. The number of hydrogen-bond donors (Lipinski definition) is 0. The fraction of sp³-hybridized carbons (Fsp3) is 0.333. The van der Waals surface area contributed by atoms with E-state index in [0.717, 1.165) is 4.90 Å². The lowest BCUT2D eigenvalue weighted by Gasteiger charge is -2.16. The Kier molecular flexibility index (Phi) is 4.91. The van der Waals surface area contributed by atoms with E-state index in [0.29, 0.717) is 12.1 Å². The minimum atomic E-state index is -1.63. The van der Waals surface area contributed by atoms with Crippen LogP contribution in [0.3, 0.4) is 0 Å². The van der Waals surface area contributed by atoms with Gasteiger partial charge in [0, 0.05) is 19.2 Å². The molecule has 1 aromatic rings. The first kappa shape index (κ1) is 15.0. The highest BCUT2D eigenvalue weighted by molar-refractivity contribution is 5.94. The Labute approximate surface area is 107 Å². The van der Waals surface area contributed by atoms with Gasteiger partial charge in [-0.2, -0.15) is 0 Å². The fourth-order valence-electron chi connectivity index (χ4n) is 1.36. The fourth-order valence-corrected chi connectivity index (χ4v) is 1.36. The minimum absolute atomic E-state index is 0.0200. The molecule has 0 N–H and O–H groups in total. The topological polar surface area (TPSA) is 46.6 Å². The molecule has 1 rings (SSSR count). The Morgan fingerprint density at radius 2 is 1.74 bits per heavy atom. The Morgan fingerprint density at radius 1 is 1.21 bits per heavy atom. The molecule has 1 amide bonds. The van der Waals surface area contributed by atoms with E-state index >= 15 is 0 Å². The minimum Gasteiger partial charge on any atom is -0.469 e. The van der Waals surface area contributed by atoms with Gasteiger partial charge in [0.15, 0.2) is 17.5 Å². The van der Waals surface area contributed by atoms with E-state index in [1.54, 1.807) is 0 Å². The summed E-state index contributed by atoms with van der Waals surface area (Å²) in [6.07, 6.45) is -0.0507. The second kappa shape index (κ2) is 6.21. The zero-order chi connectivity index (χ0) is 14.6. The number of ether oxygens (including phenoxy) is 1. The summed E-state index contributed by atoms with van der Waals surface area (Å²) < 4.78 is 43.1. The maximum Gasteiger partial charge on any atom is 0.307 e. The van der Waals surface area contributed by atoms with E-state index in [2.05, 4.69) is 4.74 Å². The number of carbonyl (C=O) groups is 2. The molecule has 0 unspecified atom stereocenters. The van der Waals surface area contributed by atoms with Crippen LogP contribution in [0.2, 0.25) is 0 Å². The lowest BCUT2D eigenvalue weighted by molar-refractivity contribution is -0.140. The van der Waals surface area contributed by atoms with Crippen molar-refractivity contribution in [1.82, 2.24) is 4.90 Å². The highest BCUT2D eigenvalue weighted by atomic mass is 19.2. The first-order chi connectivity index (χ1) is 8.86. The zero-order valence-corrected chi connectivity index (χ0v) is 10.4. The summed E-state index contributed by atoms with van der Waals surface area (Å²) in [5.74, 6) is -5.75. The van der Waals surface area contributed by atoms with Gasteiger partial charge in [-0.3, -0.25) is 9.59 Å². The van der Waals surface area contributed by atoms with Gasteiger partial charge in [-0.1, -0.05) is 0 Å². The van der Waals surface area contributed by atoms with Gasteiger partial charge in [0.05, 0.1) is 13.5 Å². The van der Waals surface area contributed by atoms with Crippen LogP contribution < -0.4 is 0 Å². The number of carbonyl (C=O) groups excluding carboxylic acids is 2. The summed E-state index contributed by atoms with van der Waals surface area (Å²) in [5.41, 5.74) is -0.330. The Hall–Kier alpha value is -2.05. The van der Waals surface area contributed by atoms with E-state index < -0.39 is 29.3 Å². The third kappa shape index (κ3) is 3.70. The van der Waals surface area contributed by atoms with E-state index in [1.165, 1.54) is 14.2 Å². The van der Waals surface area contributed by atoms with E-state index in [-0.39, 0.29) is 18.5 Å². The number of halogens is 3. The second-order valence-electron chi connectivity index (χ2n) is 3.81. The van der Waals surface area contributed by atoms with E-state index in [1.807, 2.05) is 0 Å². The summed E-state index contributed by atoms with van der Waals surface area (Å²) in [7, 11) is 2.55. The number of methoxy groups -OCH3 is 1. The van der Waals surface area contributed by atoms with Gasteiger partial charge in [-0.25, -0.2) is 13.2 Å². The molecule has 0 radical (unpaired) electrons. The van der Waals surface area contributed by atoms with E-state index in [4.69, 9.17) is 0 Å². The maximum atomic E-state index is 13.0. The molecule has 0 atom stereocenters. The first-order valence-electron chi connectivity index (χ1n) is 5.33. The molecule has 0 saturated carbocycles. The van der Waals surface area contributed by atoms with Crippen LogP contribution in [-0.2, 0) is 9.53 Å². The van der Waals surface area contributed by atoms with Crippen molar-refractivity contribution in [1.29, 1.82) is 0 Å². The molecule has 0 spiro atoms. The average Bonchev–Trinajstić information content (AvgIpc) is 2.40. The van der Waals surface area contributed by atoms with Crippen molar-refractivity contribution in [2.45, 2.75) is 6.42 Å². The van der Waals surface area contributed by atoms with Gasteiger partial charge in [0.1, 0.15) is 0 Å². The number of esters is 1.